The molecule has 0 spiro atoms. The Morgan fingerprint density at radius 2 is 1.71 bits per heavy atom. The van der Waals surface area contributed by atoms with E-state index in [4.69, 9.17) is 0 Å². The lowest BCUT2D eigenvalue weighted by molar-refractivity contribution is 0.530. The molecule has 0 fully saturated rings. The Labute approximate surface area is 87.7 Å². The molecule has 76 valence electrons. The molecule has 0 bridgehead atoms. The molecular weight excluding hydrogens is 168 g/mol. The molecule has 0 heterocycles. The highest BCUT2D eigenvalue weighted by atomic mass is 14.3. The summed E-state index contributed by atoms with van der Waals surface area (Å²) in [6.45, 7) is 6.27. The van der Waals surface area contributed by atoms with Gasteiger partial charge in [-0.1, -0.05) is 48.1 Å². The minimum Gasteiger partial charge on any atom is -0.0908 e. The zero-order valence-electron chi connectivity index (χ0n) is 9.46. The van der Waals surface area contributed by atoms with E-state index in [-0.39, 0.29) is 5.41 Å². The van der Waals surface area contributed by atoms with Gasteiger partial charge in [0.2, 0.25) is 0 Å². The van der Waals surface area contributed by atoms with Crippen molar-refractivity contribution < 1.29 is 0 Å². The predicted molar refractivity (Wildman–Crippen MR) is 64.2 cm³/mol. The summed E-state index contributed by atoms with van der Waals surface area (Å²) in [6.07, 6.45) is 17.9. The van der Waals surface area contributed by atoms with Gasteiger partial charge in [-0.2, -0.15) is 0 Å². The van der Waals surface area contributed by atoms with Gasteiger partial charge in [-0.3, -0.25) is 0 Å². The second-order valence-electron chi connectivity index (χ2n) is 3.89. The van der Waals surface area contributed by atoms with E-state index in [1.165, 1.54) is 5.57 Å². The first-order chi connectivity index (χ1) is 6.76. The highest BCUT2D eigenvalue weighted by Gasteiger charge is 2.27. The second kappa shape index (κ2) is 4.99. The highest BCUT2D eigenvalue weighted by molar-refractivity contribution is 5.32. The Morgan fingerprint density at radius 1 is 1.07 bits per heavy atom. The zero-order valence-corrected chi connectivity index (χ0v) is 9.46. The van der Waals surface area contributed by atoms with Crippen LogP contribution in [0.5, 0.6) is 0 Å². The lowest BCUT2D eigenvalue weighted by Gasteiger charge is -2.20. The van der Waals surface area contributed by atoms with Gasteiger partial charge in [0.15, 0.2) is 0 Å². The van der Waals surface area contributed by atoms with Crippen LogP contribution < -0.4 is 0 Å². The molecule has 0 atom stereocenters. The summed E-state index contributed by atoms with van der Waals surface area (Å²) >= 11 is 0. The van der Waals surface area contributed by atoms with Gasteiger partial charge in [0.05, 0.1) is 0 Å². The van der Waals surface area contributed by atoms with Crippen LogP contribution in [-0.2, 0) is 0 Å². The van der Waals surface area contributed by atoms with Crippen LogP contribution in [0.25, 0.3) is 0 Å². The van der Waals surface area contributed by atoms with Crippen LogP contribution >= 0.6 is 0 Å². The molecule has 1 aliphatic rings. The van der Waals surface area contributed by atoms with Crippen LogP contribution in [0.4, 0.5) is 0 Å². The summed E-state index contributed by atoms with van der Waals surface area (Å²) in [4.78, 5) is 0. The maximum Gasteiger partial charge on any atom is 0.0136 e. The van der Waals surface area contributed by atoms with Gasteiger partial charge in [-0.15, -0.1) is 0 Å². The Hall–Kier alpha value is -1.04. The molecule has 0 saturated carbocycles. The number of rotatable bonds is 3. The molecule has 1 aliphatic carbocycles. The summed E-state index contributed by atoms with van der Waals surface area (Å²) in [5, 5.41) is 0. The van der Waals surface area contributed by atoms with Crippen molar-refractivity contribution in [2.24, 2.45) is 5.41 Å². The van der Waals surface area contributed by atoms with Crippen molar-refractivity contribution in [1.82, 2.24) is 0 Å². The van der Waals surface area contributed by atoms with Gasteiger partial charge < -0.3 is 0 Å². The first-order valence-corrected chi connectivity index (χ1v) is 5.36. The first kappa shape index (κ1) is 11.0. The van der Waals surface area contributed by atoms with E-state index in [2.05, 4.69) is 63.3 Å². The predicted octanol–water partition coefficient (Wildman–Crippen LogP) is 4.42. The molecule has 0 N–H and O–H groups in total. The van der Waals surface area contributed by atoms with E-state index in [1.54, 1.807) is 0 Å². The van der Waals surface area contributed by atoms with Crippen LogP contribution in [0.15, 0.2) is 48.1 Å². The number of hydrogen-bond donors (Lipinski definition) is 0. The smallest absolute Gasteiger partial charge is 0.0136 e. The maximum atomic E-state index is 2.35. The summed E-state index contributed by atoms with van der Waals surface area (Å²) in [5.74, 6) is 0. The molecule has 0 aromatic carbocycles. The third-order valence-electron chi connectivity index (χ3n) is 2.66. The molecule has 0 aliphatic heterocycles. The van der Waals surface area contributed by atoms with Crippen LogP contribution in [0.3, 0.4) is 0 Å². The summed E-state index contributed by atoms with van der Waals surface area (Å²) in [6, 6.07) is 0. The molecule has 0 nitrogen and oxygen atoms in total. The Balaban J connectivity index is 2.78. The quantitative estimate of drug-likeness (QED) is 0.575. The van der Waals surface area contributed by atoms with E-state index in [1.807, 2.05) is 0 Å². The Morgan fingerprint density at radius 3 is 2.21 bits per heavy atom. The Bertz CT molecular complexity index is 275. The Kier molecular flexibility index (Phi) is 3.94. The molecule has 0 aromatic heterocycles. The van der Waals surface area contributed by atoms with Crippen molar-refractivity contribution >= 4 is 0 Å². The van der Waals surface area contributed by atoms with Crippen molar-refractivity contribution in [3.8, 4) is 0 Å². The van der Waals surface area contributed by atoms with E-state index in [0.717, 1.165) is 12.8 Å². The summed E-state index contributed by atoms with van der Waals surface area (Å²) < 4.78 is 0. The molecule has 0 aromatic rings. The fraction of sp³-hybridized carbons (Fsp3) is 0.429. The van der Waals surface area contributed by atoms with Crippen molar-refractivity contribution in [2.75, 3.05) is 0 Å². The molecule has 0 heteroatoms. The third-order valence-corrected chi connectivity index (χ3v) is 2.66. The van der Waals surface area contributed by atoms with Gasteiger partial charge in [-0.05, 0) is 33.6 Å². The van der Waals surface area contributed by atoms with Gasteiger partial charge in [0, 0.05) is 5.41 Å². The topological polar surface area (TPSA) is 0 Å². The minimum absolute atomic E-state index is 0.262. The van der Waals surface area contributed by atoms with Crippen molar-refractivity contribution in [3.05, 3.63) is 48.1 Å². The van der Waals surface area contributed by atoms with Crippen LogP contribution in [-0.4, -0.2) is 0 Å². The minimum atomic E-state index is 0.262. The molecule has 0 unspecified atom stereocenters. The SMILES string of the molecule is CC=CC1=CCC(C=CC)(C=CC)C1. The normalized spacial score (nSPS) is 28.4. The van der Waals surface area contributed by atoms with Crippen LogP contribution in [0.1, 0.15) is 33.6 Å². The zero-order chi connectivity index (χ0) is 10.4. The van der Waals surface area contributed by atoms with Gasteiger partial charge in [-0.25, -0.2) is 0 Å². The molecule has 0 radical (unpaired) electrons. The van der Waals surface area contributed by atoms with Crippen molar-refractivity contribution in [3.63, 3.8) is 0 Å². The van der Waals surface area contributed by atoms with E-state index in [9.17, 15) is 0 Å². The molecule has 0 saturated heterocycles. The van der Waals surface area contributed by atoms with Crippen molar-refractivity contribution in [1.29, 1.82) is 0 Å². The lowest BCUT2D eigenvalue weighted by atomic mass is 9.83. The average Bonchev–Trinajstić information content (AvgIpc) is 2.51. The monoisotopic (exact) mass is 188 g/mol. The lowest BCUT2D eigenvalue weighted by Crippen LogP contribution is -2.09. The summed E-state index contributed by atoms with van der Waals surface area (Å²) in [7, 11) is 0. The molecule has 0 amide bonds. The van der Waals surface area contributed by atoms with Crippen LogP contribution in [0.2, 0.25) is 0 Å². The highest BCUT2D eigenvalue weighted by Crippen LogP contribution is 2.40. The first-order valence-electron chi connectivity index (χ1n) is 5.36. The average molecular weight is 188 g/mol. The van der Waals surface area contributed by atoms with E-state index >= 15 is 0 Å². The molecular formula is C14H20. The van der Waals surface area contributed by atoms with E-state index < -0.39 is 0 Å². The van der Waals surface area contributed by atoms with Gasteiger partial charge in [0.1, 0.15) is 0 Å². The van der Waals surface area contributed by atoms with Gasteiger partial charge in [0.25, 0.3) is 0 Å². The van der Waals surface area contributed by atoms with E-state index in [0.29, 0.717) is 0 Å². The number of hydrogen-bond acceptors (Lipinski definition) is 0. The maximum absolute atomic E-state index is 2.35. The number of allylic oxidation sites excluding steroid dienone is 8. The summed E-state index contributed by atoms with van der Waals surface area (Å²) in [5.41, 5.74) is 1.72. The molecule has 14 heavy (non-hydrogen) atoms. The molecule has 1 rings (SSSR count). The largest absolute Gasteiger partial charge is 0.0908 e. The second-order valence-corrected chi connectivity index (χ2v) is 3.89. The fourth-order valence-corrected chi connectivity index (χ4v) is 2.16. The third kappa shape index (κ3) is 2.47. The fourth-order valence-electron chi connectivity index (χ4n) is 2.16. The standard InChI is InChI=1S/C14H20/c1-4-7-13-8-11-14(12-13,9-5-2)10-6-3/h4-10H,11-12H2,1-3H3. The van der Waals surface area contributed by atoms with Crippen molar-refractivity contribution in [2.45, 2.75) is 33.6 Å². The van der Waals surface area contributed by atoms with Gasteiger partial charge >= 0.3 is 0 Å². The van der Waals surface area contributed by atoms with Crippen LogP contribution in [0, 0.1) is 5.41 Å².